The van der Waals surface area contributed by atoms with Gasteiger partial charge in [-0.2, -0.15) is 0 Å². The van der Waals surface area contributed by atoms with Crippen LogP contribution in [0.2, 0.25) is 0 Å². The molecule has 0 spiro atoms. The van der Waals surface area contributed by atoms with Crippen LogP contribution in [-0.4, -0.2) is 57.9 Å². The van der Waals surface area contributed by atoms with Gasteiger partial charge in [-0.3, -0.25) is 9.36 Å². The first-order valence-corrected chi connectivity index (χ1v) is 8.28. The Bertz CT molecular complexity index is 476. The van der Waals surface area contributed by atoms with Crippen LogP contribution in [0.25, 0.3) is 0 Å². The van der Waals surface area contributed by atoms with Crippen molar-refractivity contribution in [3.05, 3.63) is 0 Å². The predicted molar refractivity (Wildman–Crippen MR) is 81.0 cm³/mol. The molecule has 1 aliphatic rings. The van der Waals surface area contributed by atoms with Gasteiger partial charge in [0.25, 0.3) is 0 Å². The van der Waals surface area contributed by atoms with Crippen LogP contribution in [0.3, 0.4) is 0 Å². The van der Waals surface area contributed by atoms with E-state index in [-0.39, 0.29) is 5.75 Å². The van der Waals surface area contributed by atoms with E-state index in [1.165, 1.54) is 11.8 Å². The monoisotopic (exact) mass is 314 g/mol. The molecule has 2 rings (SSSR count). The van der Waals surface area contributed by atoms with E-state index in [0.717, 1.165) is 31.9 Å². The van der Waals surface area contributed by atoms with Crippen LogP contribution in [0, 0.1) is 0 Å². The normalized spacial score (nSPS) is 14.4. The van der Waals surface area contributed by atoms with E-state index in [0.29, 0.717) is 24.4 Å². The highest BCUT2D eigenvalue weighted by Gasteiger charge is 2.31. The fourth-order valence-corrected chi connectivity index (χ4v) is 2.80. The molecule has 1 N–H and O–H groups in total. The van der Waals surface area contributed by atoms with Crippen molar-refractivity contribution in [2.45, 2.75) is 37.9 Å². The Hall–Kier alpha value is -1.28. The molecule has 0 unspecified atom stereocenters. The summed E-state index contributed by atoms with van der Waals surface area (Å²) in [6, 6.07) is 0.410. The van der Waals surface area contributed by atoms with Crippen molar-refractivity contribution in [1.29, 1.82) is 0 Å². The van der Waals surface area contributed by atoms with Crippen LogP contribution in [0.1, 0.15) is 32.7 Å². The standard InChI is InChI=1S/C13H22N4O3S/c1-3-16(7-8-20-4-2)12-14-15-13(21-9-11(18)19)17(12)10-5-6-10/h10H,3-9H2,1-2H3,(H,18,19). The molecule has 21 heavy (non-hydrogen) atoms. The fraction of sp³-hybridized carbons (Fsp3) is 0.769. The number of ether oxygens (including phenoxy) is 1. The minimum Gasteiger partial charge on any atom is -0.481 e. The summed E-state index contributed by atoms with van der Waals surface area (Å²) in [6.07, 6.45) is 2.21. The average molecular weight is 314 g/mol. The Morgan fingerprint density at radius 2 is 2.24 bits per heavy atom. The SMILES string of the molecule is CCOCCN(CC)c1nnc(SCC(=O)O)n1C1CC1. The number of hydrogen-bond acceptors (Lipinski definition) is 6. The molecule has 0 aliphatic heterocycles. The number of aliphatic carboxylic acids is 1. The second-order valence-electron chi connectivity index (χ2n) is 4.84. The van der Waals surface area contributed by atoms with Gasteiger partial charge in [-0.1, -0.05) is 11.8 Å². The van der Waals surface area contributed by atoms with Crippen molar-refractivity contribution in [3.63, 3.8) is 0 Å². The number of anilines is 1. The Balaban J connectivity index is 2.11. The summed E-state index contributed by atoms with van der Waals surface area (Å²) < 4.78 is 7.49. The Morgan fingerprint density at radius 3 is 2.81 bits per heavy atom. The molecule has 0 radical (unpaired) electrons. The zero-order valence-electron chi connectivity index (χ0n) is 12.5. The maximum atomic E-state index is 10.7. The first kappa shape index (κ1) is 16.1. The Kier molecular flexibility index (Phi) is 5.86. The number of aromatic nitrogens is 3. The van der Waals surface area contributed by atoms with Crippen LogP contribution >= 0.6 is 11.8 Å². The second kappa shape index (κ2) is 7.65. The molecular weight excluding hydrogens is 292 g/mol. The summed E-state index contributed by atoms with van der Waals surface area (Å²) in [5.74, 6) is -0.00110. The summed E-state index contributed by atoms with van der Waals surface area (Å²) in [5.41, 5.74) is 0. The number of carboxylic acid groups (broad SMARTS) is 1. The van der Waals surface area contributed by atoms with Gasteiger partial charge in [-0.05, 0) is 26.7 Å². The molecule has 0 amide bonds. The van der Waals surface area contributed by atoms with E-state index in [1.807, 2.05) is 6.92 Å². The van der Waals surface area contributed by atoms with Gasteiger partial charge < -0.3 is 14.7 Å². The lowest BCUT2D eigenvalue weighted by atomic mass is 10.5. The fourth-order valence-electron chi connectivity index (χ4n) is 2.08. The smallest absolute Gasteiger partial charge is 0.313 e. The minimum absolute atomic E-state index is 0.00985. The van der Waals surface area contributed by atoms with Gasteiger partial charge in [-0.25, -0.2) is 0 Å². The van der Waals surface area contributed by atoms with Gasteiger partial charge in [-0.15, -0.1) is 10.2 Å². The van der Waals surface area contributed by atoms with Gasteiger partial charge >= 0.3 is 5.97 Å². The van der Waals surface area contributed by atoms with Crippen LogP contribution in [0.5, 0.6) is 0 Å². The van der Waals surface area contributed by atoms with E-state index in [4.69, 9.17) is 9.84 Å². The van der Waals surface area contributed by atoms with Crippen molar-refractivity contribution >= 4 is 23.7 Å². The predicted octanol–water partition coefficient (Wildman–Crippen LogP) is 1.65. The highest BCUT2D eigenvalue weighted by Crippen LogP contribution is 2.40. The summed E-state index contributed by atoms with van der Waals surface area (Å²) in [5, 5.41) is 18.0. The molecule has 7 nitrogen and oxygen atoms in total. The lowest BCUT2D eigenvalue weighted by Crippen LogP contribution is -2.30. The zero-order valence-corrected chi connectivity index (χ0v) is 13.3. The molecule has 1 aromatic rings. The van der Waals surface area contributed by atoms with Gasteiger partial charge in [0.05, 0.1) is 12.4 Å². The highest BCUT2D eigenvalue weighted by molar-refractivity contribution is 7.99. The van der Waals surface area contributed by atoms with Gasteiger partial charge in [0.1, 0.15) is 0 Å². The molecule has 0 atom stereocenters. The quantitative estimate of drug-likeness (QED) is 0.519. The van der Waals surface area contributed by atoms with Crippen molar-refractivity contribution in [2.24, 2.45) is 0 Å². The molecule has 1 aliphatic carbocycles. The number of hydrogen-bond donors (Lipinski definition) is 1. The topological polar surface area (TPSA) is 80.5 Å². The molecule has 8 heteroatoms. The Morgan fingerprint density at radius 1 is 1.48 bits per heavy atom. The Labute approximate surface area is 128 Å². The number of rotatable bonds is 10. The number of thioether (sulfide) groups is 1. The first-order valence-electron chi connectivity index (χ1n) is 7.29. The zero-order chi connectivity index (χ0) is 15.2. The van der Waals surface area contributed by atoms with Gasteiger partial charge in [0.2, 0.25) is 5.95 Å². The molecule has 0 saturated heterocycles. The van der Waals surface area contributed by atoms with Crippen molar-refractivity contribution in [1.82, 2.24) is 14.8 Å². The number of likely N-dealkylation sites (N-methyl/N-ethyl adjacent to an activating group) is 1. The summed E-state index contributed by atoms with van der Waals surface area (Å²) in [4.78, 5) is 12.9. The van der Waals surface area contributed by atoms with Gasteiger partial charge in [0.15, 0.2) is 5.16 Å². The van der Waals surface area contributed by atoms with E-state index in [1.54, 1.807) is 0 Å². The van der Waals surface area contributed by atoms with Crippen molar-refractivity contribution in [3.8, 4) is 0 Å². The third-order valence-corrected chi connectivity index (χ3v) is 4.19. The van der Waals surface area contributed by atoms with E-state index >= 15 is 0 Å². The third-order valence-electron chi connectivity index (χ3n) is 3.26. The van der Waals surface area contributed by atoms with Crippen LogP contribution in [-0.2, 0) is 9.53 Å². The largest absolute Gasteiger partial charge is 0.481 e. The van der Waals surface area contributed by atoms with Crippen LogP contribution in [0.15, 0.2) is 5.16 Å². The van der Waals surface area contributed by atoms with Crippen molar-refractivity contribution < 1.29 is 14.6 Å². The molecule has 118 valence electrons. The van der Waals surface area contributed by atoms with Crippen LogP contribution in [0.4, 0.5) is 5.95 Å². The summed E-state index contributed by atoms with van der Waals surface area (Å²) in [6.45, 7) is 6.98. The molecule has 0 bridgehead atoms. The lowest BCUT2D eigenvalue weighted by Gasteiger charge is -2.22. The number of carbonyl (C=O) groups is 1. The van der Waals surface area contributed by atoms with E-state index in [9.17, 15) is 4.79 Å². The molecule has 1 aromatic heterocycles. The molecule has 1 saturated carbocycles. The summed E-state index contributed by atoms with van der Waals surface area (Å²) >= 11 is 1.23. The second-order valence-corrected chi connectivity index (χ2v) is 5.79. The van der Waals surface area contributed by atoms with E-state index in [2.05, 4.69) is 26.6 Å². The lowest BCUT2D eigenvalue weighted by molar-refractivity contribution is -0.133. The molecule has 0 aromatic carbocycles. The minimum atomic E-state index is -0.837. The van der Waals surface area contributed by atoms with E-state index < -0.39 is 5.97 Å². The number of nitrogens with zero attached hydrogens (tertiary/aromatic N) is 4. The maximum absolute atomic E-state index is 10.7. The molecular formula is C13H22N4O3S. The average Bonchev–Trinajstić information content (AvgIpc) is 3.22. The van der Waals surface area contributed by atoms with Gasteiger partial charge in [0, 0.05) is 25.7 Å². The van der Waals surface area contributed by atoms with Crippen LogP contribution < -0.4 is 4.90 Å². The third kappa shape index (κ3) is 4.34. The maximum Gasteiger partial charge on any atom is 0.313 e. The number of carboxylic acids is 1. The highest BCUT2D eigenvalue weighted by atomic mass is 32.2. The first-order chi connectivity index (χ1) is 10.2. The summed E-state index contributed by atoms with van der Waals surface area (Å²) in [7, 11) is 0. The molecule has 1 fully saturated rings. The van der Waals surface area contributed by atoms with Crippen molar-refractivity contribution in [2.75, 3.05) is 37.0 Å². The molecule has 1 heterocycles.